The first-order chi connectivity index (χ1) is 10.4. The van der Waals surface area contributed by atoms with Crippen LogP contribution in [0.5, 0.6) is 0 Å². The number of nitrogens with one attached hydrogen (secondary N) is 1. The van der Waals surface area contributed by atoms with E-state index < -0.39 is 9.84 Å². The van der Waals surface area contributed by atoms with E-state index in [2.05, 4.69) is 5.32 Å². The third-order valence-corrected chi connectivity index (χ3v) is 5.75. The second-order valence-corrected chi connectivity index (χ2v) is 8.26. The molecule has 0 radical (unpaired) electrons. The summed E-state index contributed by atoms with van der Waals surface area (Å²) in [6.07, 6.45) is 0.511. The molecule has 1 aromatic carbocycles. The van der Waals surface area contributed by atoms with Gasteiger partial charge in [-0.1, -0.05) is 30.7 Å². The van der Waals surface area contributed by atoms with Crippen LogP contribution in [-0.4, -0.2) is 49.9 Å². The van der Waals surface area contributed by atoms with Gasteiger partial charge in [-0.15, -0.1) is 0 Å². The van der Waals surface area contributed by atoms with Gasteiger partial charge in [0, 0.05) is 17.6 Å². The first-order valence-corrected chi connectivity index (χ1v) is 9.54. The summed E-state index contributed by atoms with van der Waals surface area (Å²) in [6.45, 7) is 3.64. The Bertz CT molecular complexity index is 616. The standard InChI is InChI=1S/C15H21ClN2O3S/c1-2-18(9-12-3-5-13(16)6-4-12)10-15(19)17-14-7-8-22(20,21)11-14/h3-6,14H,2,7-11H2,1H3,(H,17,19). The van der Waals surface area contributed by atoms with Gasteiger partial charge in [0.15, 0.2) is 9.84 Å². The molecule has 0 bridgehead atoms. The summed E-state index contributed by atoms with van der Waals surface area (Å²) in [5.41, 5.74) is 1.09. The lowest BCUT2D eigenvalue weighted by atomic mass is 10.2. The molecule has 122 valence electrons. The van der Waals surface area contributed by atoms with E-state index in [9.17, 15) is 13.2 Å². The van der Waals surface area contributed by atoms with Crippen LogP contribution in [0, 0.1) is 0 Å². The second-order valence-electron chi connectivity index (χ2n) is 5.60. The van der Waals surface area contributed by atoms with Crippen LogP contribution in [-0.2, 0) is 21.2 Å². The lowest BCUT2D eigenvalue weighted by molar-refractivity contribution is -0.122. The molecule has 1 saturated heterocycles. The van der Waals surface area contributed by atoms with Crippen LogP contribution in [0.15, 0.2) is 24.3 Å². The summed E-state index contributed by atoms with van der Waals surface area (Å²) in [7, 11) is -2.97. The van der Waals surface area contributed by atoms with Crippen molar-refractivity contribution < 1.29 is 13.2 Å². The molecule has 1 aromatic rings. The molecule has 1 aliphatic heterocycles. The number of sulfone groups is 1. The molecular weight excluding hydrogens is 324 g/mol. The highest BCUT2D eigenvalue weighted by Gasteiger charge is 2.29. The van der Waals surface area contributed by atoms with E-state index in [1.165, 1.54) is 0 Å². The van der Waals surface area contributed by atoms with Gasteiger partial charge in [0.05, 0.1) is 18.1 Å². The largest absolute Gasteiger partial charge is 0.351 e. The topological polar surface area (TPSA) is 66.5 Å². The van der Waals surface area contributed by atoms with Crippen molar-refractivity contribution in [3.8, 4) is 0 Å². The van der Waals surface area contributed by atoms with Gasteiger partial charge in [-0.25, -0.2) is 8.42 Å². The Morgan fingerprint density at radius 2 is 2.05 bits per heavy atom. The Morgan fingerprint density at radius 3 is 2.59 bits per heavy atom. The lowest BCUT2D eigenvalue weighted by Crippen LogP contribution is -2.42. The number of hydrogen-bond donors (Lipinski definition) is 1. The predicted molar refractivity (Wildman–Crippen MR) is 87.6 cm³/mol. The minimum absolute atomic E-state index is 0.0576. The lowest BCUT2D eigenvalue weighted by Gasteiger charge is -2.21. The highest BCUT2D eigenvalue weighted by Crippen LogP contribution is 2.13. The Balaban J connectivity index is 1.84. The minimum Gasteiger partial charge on any atom is -0.351 e. The molecular formula is C15H21ClN2O3S. The van der Waals surface area contributed by atoms with Gasteiger partial charge < -0.3 is 5.32 Å². The number of carbonyl (C=O) groups is 1. The van der Waals surface area contributed by atoms with E-state index in [-0.39, 0.29) is 30.0 Å². The molecule has 1 heterocycles. The van der Waals surface area contributed by atoms with E-state index in [4.69, 9.17) is 11.6 Å². The number of nitrogens with zero attached hydrogens (tertiary/aromatic N) is 1. The fourth-order valence-corrected chi connectivity index (χ4v) is 4.31. The van der Waals surface area contributed by atoms with Crippen molar-refractivity contribution in [2.24, 2.45) is 0 Å². The van der Waals surface area contributed by atoms with Crippen molar-refractivity contribution in [2.75, 3.05) is 24.6 Å². The number of hydrogen-bond acceptors (Lipinski definition) is 4. The Morgan fingerprint density at radius 1 is 1.36 bits per heavy atom. The smallest absolute Gasteiger partial charge is 0.234 e. The van der Waals surface area contributed by atoms with Crippen LogP contribution in [0.3, 0.4) is 0 Å². The number of likely N-dealkylation sites (N-methyl/N-ethyl adjacent to an activating group) is 1. The average molecular weight is 345 g/mol. The van der Waals surface area contributed by atoms with Crippen molar-refractivity contribution in [2.45, 2.75) is 25.9 Å². The number of halogens is 1. The van der Waals surface area contributed by atoms with Crippen LogP contribution in [0.4, 0.5) is 0 Å². The van der Waals surface area contributed by atoms with E-state index in [0.717, 1.165) is 12.1 Å². The van der Waals surface area contributed by atoms with Crippen LogP contribution >= 0.6 is 11.6 Å². The summed E-state index contributed by atoms with van der Waals surface area (Å²) in [5, 5.41) is 3.50. The molecule has 1 unspecified atom stereocenters. The van der Waals surface area contributed by atoms with Gasteiger partial charge in [-0.3, -0.25) is 9.69 Å². The van der Waals surface area contributed by atoms with E-state index in [1.807, 2.05) is 36.1 Å². The zero-order chi connectivity index (χ0) is 16.2. The number of benzene rings is 1. The molecule has 1 amide bonds. The van der Waals surface area contributed by atoms with Gasteiger partial charge >= 0.3 is 0 Å². The second kappa shape index (κ2) is 7.44. The zero-order valence-electron chi connectivity index (χ0n) is 12.6. The van der Waals surface area contributed by atoms with E-state index in [0.29, 0.717) is 18.0 Å². The molecule has 0 aliphatic carbocycles. The third-order valence-electron chi connectivity index (χ3n) is 3.73. The first kappa shape index (κ1) is 17.2. The maximum absolute atomic E-state index is 12.1. The minimum atomic E-state index is -2.97. The molecule has 2 rings (SSSR count). The molecule has 22 heavy (non-hydrogen) atoms. The van der Waals surface area contributed by atoms with Crippen LogP contribution in [0.2, 0.25) is 5.02 Å². The van der Waals surface area contributed by atoms with Crippen molar-refractivity contribution in [1.29, 1.82) is 0 Å². The maximum Gasteiger partial charge on any atom is 0.234 e. The molecule has 0 saturated carbocycles. The Kier molecular flexibility index (Phi) is 5.83. The molecule has 1 N–H and O–H groups in total. The Labute approximate surface area is 136 Å². The van der Waals surface area contributed by atoms with Gasteiger partial charge in [0.2, 0.25) is 5.91 Å². The molecule has 7 heteroatoms. The summed E-state index contributed by atoms with van der Waals surface area (Å²) in [5.74, 6) is 0.0975. The monoisotopic (exact) mass is 344 g/mol. The van der Waals surface area contributed by atoms with Crippen molar-refractivity contribution >= 4 is 27.3 Å². The summed E-state index contributed by atoms with van der Waals surface area (Å²) < 4.78 is 22.8. The maximum atomic E-state index is 12.1. The van der Waals surface area contributed by atoms with Gasteiger partial charge in [0.25, 0.3) is 0 Å². The summed E-state index contributed by atoms with van der Waals surface area (Å²) >= 11 is 5.86. The van der Waals surface area contributed by atoms with Crippen LogP contribution < -0.4 is 5.32 Å². The fraction of sp³-hybridized carbons (Fsp3) is 0.533. The highest BCUT2D eigenvalue weighted by molar-refractivity contribution is 7.91. The van der Waals surface area contributed by atoms with Crippen molar-refractivity contribution in [3.05, 3.63) is 34.9 Å². The number of carbonyl (C=O) groups excluding carboxylic acids is 1. The van der Waals surface area contributed by atoms with Gasteiger partial charge in [-0.05, 0) is 30.7 Å². The zero-order valence-corrected chi connectivity index (χ0v) is 14.2. The predicted octanol–water partition coefficient (Wildman–Crippen LogP) is 1.47. The molecule has 0 aromatic heterocycles. The summed E-state index contributed by atoms with van der Waals surface area (Å²) in [6, 6.07) is 7.29. The molecule has 0 spiro atoms. The molecule has 1 aliphatic rings. The normalized spacial score (nSPS) is 20.2. The van der Waals surface area contributed by atoms with Crippen molar-refractivity contribution in [3.63, 3.8) is 0 Å². The third kappa shape index (κ3) is 5.26. The first-order valence-electron chi connectivity index (χ1n) is 7.34. The molecule has 1 atom stereocenters. The number of amides is 1. The van der Waals surface area contributed by atoms with Gasteiger partial charge in [0.1, 0.15) is 0 Å². The SMILES string of the molecule is CCN(CC(=O)NC1CCS(=O)(=O)C1)Cc1ccc(Cl)cc1. The van der Waals surface area contributed by atoms with E-state index >= 15 is 0 Å². The van der Waals surface area contributed by atoms with E-state index in [1.54, 1.807) is 0 Å². The molecule has 1 fully saturated rings. The fourth-order valence-electron chi connectivity index (χ4n) is 2.51. The quantitative estimate of drug-likeness (QED) is 0.848. The van der Waals surface area contributed by atoms with Crippen molar-refractivity contribution in [1.82, 2.24) is 10.2 Å². The van der Waals surface area contributed by atoms with Gasteiger partial charge in [-0.2, -0.15) is 0 Å². The Hall–Kier alpha value is -1.11. The van der Waals surface area contributed by atoms with Crippen LogP contribution in [0.1, 0.15) is 18.9 Å². The molecule has 5 nitrogen and oxygen atoms in total. The average Bonchev–Trinajstić information content (AvgIpc) is 2.79. The highest BCUT2D eigenvalue weighted by atomic mass is 35.5. The van der Waals surface area contributed by atoms with Crippen LogP contribution in [0.25, 0.3) is 0 Å². The summed E-state index contributed by atoms with van der Waals surface area (Å²) in [4.78, 5) is 14.1. The number of rotatable bonds is 6.